The molecule has 0 aromatic carbocycles. The quantitative estimate of drug-likeness (QED) is 0.0117. The second-order valence-electron chi connectivity index (χ2n) is 15.1. The first-order chi connectivity index (χ1) is 26.1. The second kappa shape index (κ2) is 42.8. The molecule has 0 saturated carbocycles. The summed E-state index contributed by atoms with van der Waals surface area (Å²) < 4.78 is 42.3. The van der Waals surface area contributed by atoms with E-state index >= 15 is 0 Å². The lowest BCUT2D eigenvalue weighted by molar-refractivity contribution is -0.885. The fraction of sp³-hybridized carbons (Fsp3) is 0.952. The van der Waals surface area contributed by atoms with Crippen molar-refractivity contribution < 1.29 is 51.3 Å². The van der Waals surface area contributed by atoms with Crippen molar-refractivity contribution in [3.05, 3.63) is 0 Å². The fourth-order valence-electron chi connectivity index (χ4n) is 6.46. The lowest BCUT2D eigenvalue weighted by Crippen LogP contribution is -3.10. The van der Waals surface area contributed by atoms with Gasteiger partial charge in [-0.15, -0.1) is 4.33 Å². The molecule has 1 atom stereocenters. The van der Waals surface area contributed by atoms with Crippen LogP contribution in [-0.4, -0.2) is 70.2 Å². The van der Waals surface area contributed by atoms with Crippen LogP contribution in [0.25, 0.3) is 0 Å². The summed E-state index contributed by atoms with van der Waals surface area (Å²) in [5.41, 5.74) is 0. The number of quaternary nitrogens is 1. The number of rotatable bonds is 40. The van der Waals surface area contributed by atoms with Crippen molar-refractivity contribution in [2.45, 2.75) is 226 Å². The maximum atomic E-state index is 12.5. The average molecular weight is 796 g/mol. The minimum atomic E-state index is -4.65. The molecule has 12 heteroatoms. The first-order valence-corrected chi connectivity index (χ1v) is 23.4. The third kappa shape index (κ3) is 46.8. The molecule has 0 aliphatic rings. The van der Waals surface area contributed by atoms with Crippen molar-refractivity contribution in [1.29, 1.82) is 0 Å². The summed E-state index contributed by atoms with van der Waals surface area (Å²) in [4.78, 5) is 29.6. The molecule has 0 rings (SSSR count). The SMILES string of the molecule is CCCCCCCCCCCCCCCCCC(=O)OC(C[NH+](C)CCO)OC(=O)CCCCCCCCCCCCCCCCC.COOS(=O)(=O)[O-]. The first-order valence-electron chi connectivity index (χ1n) is 22.1. The molecule has 2 N–H and O–H groups in total. The Morgan fingerprint density at radius 1 is 0.556 bits per heavy atom. The number of likely N-dealkylation sites (N-methyl/N-ethyl adjacent to an activating group) is 1. The van der Waals surface area contributed by atoms with E-state index in [0.717, 1.165) is 50.5 Å². The number of esters is 2. The van der Waals surface area contributed by atoms with Crippen molar-refractivity contribution in [3.8, 4) is 0 Å². The van der Waals surface area contributed by atoms with E-state index in [1.807, 2.05) is 7.05 Å². The highest BCUT2D eigenvalue weighted by atomic mass is 32.3. The first kappa shape index (κ1) is 54.8. The molecule has 0 radical (unpaired) electrons. The van der Waals surface area contributed by atoms with Crippen LogP contribution in [0.4, 0.5) is 0 Å². The number of ether oxygens (including phenoxy) is 2. The van der Waals surface area contributed by atoms with Crippen molar-refractivity contribution in [3.63, 3.8) is 0 Å². The standard InChI is InChI=1S/C41H81NO5.CH4O5S/c1-4-6-8-10-12-14-16-18-20-22-24-26-28-30-32-34-39(44)46-41(38-42(3)36-37-43)47-40(45)35-33-31-29-27-25-23-21-19-17-15-13-11-9-7-5-2;1-5-6-7(2,3)4/h41,43H,4-38H2,1-3H3;1H3,(H,2,3,4). The van der Waals surface area contributed by atoms with Crippen molar-refractivity contribution in [1.82, 2.24) is 0 Å². The van der Waals surface area contributed by atoms with E-state index < -0.39 is 16.7 Å². The largest absolute Gasteiger partial charge is 0.724 e. The van der Waals surface area contributed by atoms with E-state index in [2.05, 4.69) is 23.1 Å². The van der Waals surface area contributed by atoms with E-state index in [1.165, 1.54) is 154 Å². The van der Waals surface area contributed by atoms with Crippen LogP contribution in [0.5, 0.6) is 0 Å². The summed E-state index contributed by atoms with van der Waals surface area (Å²) in [6.45, 7) is 5.46. The third-order valence-corrected chi connectivity index (χ3v) is 10.0. The van der Waals surface area contributed by atoms with E-state index in [-0.39, 0.29) is 18.5 Å². The van der Waals surface area contributed by atoms with Crippen LogP contribution in [0.2, 0.25) is 0 Å². The zero-order valence-corrected chi connectivity index (χ0v) is 36.2. The lowest BCUT2D eigenvalue weighted by Gasteiger charge is -2.21. The van der Waals surface area contributed by atoms with Gasteiger partial charge in [0.05, 0.1) is 20.8 Å². The summed E-state index contributed by atoms with van der Waals surface area (Å²) >= 11 is 0. The van der Waals surface area contributed by atoms with Crippen LogP contribution in [0.1, 0.15) is 219 Å². The topological polar surface area (TPSA) is 153 Å². The van der Waals surface area contributed by atoms with Crippen molar-refractivity contribution in [2.75, 3.05) is 33.9 Å². The zero-order chi connectivity index (χ0) is 40.4. The molecule has 0 aromatic heterocycles. The van der Waals surface area contributed by atoms with Crippen LogP contribution >= 0.6 is 0 Å². The molecule has 0 bridgehead atoms. The molecule has 11 nitrogen and oxygen atoms in total. The zero-order valence-electron chi connectivity index (χ0n) is 35.4. The van der Waals surface area contributed by atoms with Crippen molar-refractivity contribution in [2.24, 2.45) is 0 Å². The molecule has 54 heavy (non-hydrogen) atoms. The van der Waals surface area contributed by atoms with Crippen LogP contribution in [0.3, 0.4) is 0 Å². The monoisotopic (exact) mass is 796 g/mol. The summed E-state index contributed by atoms with van der Waals surface area (Å²) in [5.74, 6) is -0.581. The van der Waals surface area contributed by atoms with E-state index in [9.17, 15) is 27.7 Å². The van der Waals surface area contributed by atoms with Gasteiger partial charge < -0.3 is 24.0 Å². The summed E-state index contributed by atoms with van der Waals surface area (Å²) in [6, 6.07) is 0. The predicted octanol–water partition coefficient (Wildman–Crippen LogP) is 9.45. The number of carbonyl (C=O) groups is 2. The Balaban J connectivity index is 0. The lowest BCUT2D eigenvalue weighted by atomic mass is 10.0. The van der Waals surface area contributed by atoms with Gasteiger partial charge in [-0.05, 0) is 12.8 Å². The van der Waals surface area contributed by atoms with Crippen LogP contribution in [0.15, 0.2) is 0 Å². The predicted molar refractivity (Wildman–Crippen MR) is 217 cm³/mol. The number of aliphatic hydroxyl groups is 1. The molecule has 0 heterocycles. The van der Waals surface area contributed by atoms with Gasteiger partial charge in [-0.2, -0.15) is 0 Å². The van der Waals surface area contributed by atoms with Gasteiger partial charge in [-0.3, -0.25) is 9.59 Å². The van der Waals surface area contributed by atoms with Gasteiger partial charge in [-0.25, -0.2) is 13.3 Å². The number of aliphatic hydroxyl groups excluding tert-OH is 1. The Morgan fingerprint density at radius 2 is 0.833 bits per heavy atom. The van der Waals surface area contributed by atoms with Gasteiger partial charge in [0.25, 0.3) is 6.29 Å². The summed E-state index contributed by atoms with van der Waals surface area (Å²) in [6.07, 6.45) is 38.5. The van der Waals surface area contributed by atoms with E-state index in [4.69, 9.17) is 9.47 Å². The van der Waals surface area contributed by atoms with Crippen LogP contribution < -0.4 is 4.90 Å². The van der Waals surface area contributed by atoms with Gasteiger partial charge in [0, 0.05) is 12.8 Å². The molecule has 0 spiro atoms. The van der Waals surface area contributed by atoms with Gasteiger partial charge in [0.1, 0.15) is 6.54 Å². The minimum absolute atomic E-state index is 0.0404. The van der Waals surface area contributed by atoms with Crippen LogP contribution in [-0.2, 0) is 38.7 Å². The van der Waals surface area contributed by atoms with E-state index in [1.54, 1.807) is 0 Å². The molecule has 0 aromatic rings. The fourth-order valence-corrected chi connectivity index (χ4v) is 6.63. The Bertz CT molecular complexity index is 858. The van der Waals surface area contributed by atoms with E-state index in [0.29, 0.717) is 25.9 Å². The van der Waals surface area contributed by atoms with Crippen molar-refractivity contribution >= 4 is 22.3 Å². The average Bonchev–Trinajstić information content (AvgIpc) is 3.11. The van der Waals surface area contributed by atoms with Gasteiger partial charge in [0.2, 0.25) is 10.4 Å². The normalized spacial score (nSPS) is 12.1. The molecule has 1 unspecified atom stereocenters. The number of carbonyl (C=O) groups excluding carboxylic acids is 2. The maximum absolute atomic E-state index is 12.5. The maximum Gasteiger partial charge on any atom is 0.309 e. The number of nitrogens with one attached hydrogen (secondary N) is 1. The van der Waals surface area contributed by atoms with Gasteiger partial charge in [0.15, 0.2) is 6.54 Å². The molecule has 0 fully saturated rings. The molecule has 324 valence electrons. The highest BCUT2D eigenvalue weighted by molar-refractivity contribution is 7.80. The summed E-state index contributed by atoms with van der Waals surface area (Å²) in [7, 11) is -1.81. The van der Waals surface area contributed by atoms with Gasteiger partial charge >= 0.3 is 11.9 Å². The molecule has 0 amide bonds. The number of hydrogen-bond acceptors (Lipinski definition) is 10. The number of hydrogen-bond donors (Lipinski definition) is 2. The number of unbranched alkanes of at least 4 members (excludes halogenated alkanes) is 28. The Hall–Kier alpha value is -1.31. The minimum Gasteiger partial charge on any atom is -0.724 e. The third-order valence-electron chi connectivity index (χ3n) is 9.70. The second-order valence-corrected chi connectivity index (χ2v) is 16.0. The van der Waals surface area contributed by atoms with Crippen LogP contribution in [0, 0.1) is 0 Å². The Labute approximate surface area is 332 Å². The molecular formula is C42H85NO10S. The molecule has 0 aliphatic heterocycles. The van der Waals surface area contributed by atoms with Gasteiger partial charge in [-0.1, -0.05) is 194 Å². The smallest absolute Gasteiger partial charge is 0.309 e. The molecule has 0 aliphatic carbocycles. The molecule has 0 saturated heterocycles. The highest BCUT2D eigenvalue weighted by Gasteiger charge is 2.23. The summed E-state index contributed by atoms with van der Waals surface area (Å²) in [5, 5.41) is 9.28. The Morgan fingerprint density at radius 3 is 1.06 bits per heavy atom. The molecular weight excluding hydrogens is 711 g/mol. The highest BCUT2D eigenvalue weighted by Crippen LogP contribution is 2.16. The Kier molecular flexibility index (Phi) is 43.5.